The highest BCUT2D eigenvalue weighted by Crippen LogP contribution is 2.40. The third-order valence-electron chi connectivity index (χ3n) is 2.14. The molecule has 0 aromatic carbocycles. The van der Waals surface area contributed by atoms with Crippen molar-refractivity contribution in [3.63, 3.8) is 0 Å². The average Bonchev–Trinajstić information content (AvgIpc) is 2.41. The highest BCUT2D eigenvalue weighted by atomic mass is 32.2. The molecule has 1 saturated heterocycles. The lowest BCUT2D eigenvalue weighted by atomic mass is 9.99. The molecule has 0 radical (unpaired) electrons. The lowest BCUT2D eigenvalue weighted by Gasteiger charge is -2.16. The van der Waals surface area contributed by atoms with Crippen LogP contribution in [0.3, 0.4) is 0 Å². The number of rotatable bonds is 3. The molecule has 0 aromatic heterocycles. The average molecular weight is 210 g/mol. The van der Waals surface area contributed by atoms with Crippen LogP contribution >= 0.6 is 11.8 Å². The SMILES string of the molecule is COC(=O)CCC1CSCC1(F)F. The van der Waals surface area contributed by atoms with E-state index in [9.17, 15) is 13.6 Å². The monoisotopic (exact) mass is 210 g/mol. The lowest BCUT2D eigenvalue weighted by Crippen LogP contribution is -2.26. The summed E-state index contributed by atoms with van der Waals surface area (Å²) in [6, 6.07) is 0. The van der Waals surface area contributed by atoms with Gasteiger partial charge in [0.05, 0.1) is 12.9 Å². The van der Waals surface area contributed by atoms with Crippen molar-refractivity contribution < 1.29 is 18.3 Å². The summed E-state index contributed by atoms with van der Waals surface area (Å²) >= 11 is 1.25. The Morgan fingerprint density at radius 3 is 2.85 bits per heavy atom. The molecule has 0 aromatic rings. The van der Waals surface area contributed by atoms with Crippen molar-refractivity contribution in [2.75, 3.05) is 18.6 Å². The Labute approximate surface area is 80.0 Å². The molecule has 13 heavy (non-hydrogen) atoms. The van der Waals surface area contributed by atoms with E-state index in [1.54, 1.807) is 0 Å². The number of halogens is 2. The summed E-state index contributed by atoms with van der Waals surface area (Å²) in [5.41, 5.74) is 0. The molecule has 1 aliphatic rings. The third-order valence-corrected chi connectivity index (χ3v) is 3.36. The van der Waals surface area contributed by atoms with Crippen LogP contribution in [0.25, 0.3) is 0 Å². The Morgan fingerprint density at radius 1 is 1.69 bits per heavy atom. The molecule has 5 heteroatoms. The van der Waals surface area contributed by atoms with E-state index in [-0.39, 0.29) is 18.6 Å². The van der Waals surface area contributed by atoms with Crippen LogP contribution in [0.4, 0.5) is 8.78 Å². The van der Waals surface area contributed by atoms with Crippen LogP contribution in [0, 0.1) is 5.92 Å². The predicted molar refractivity (Wildman–Crippen MR) is 47.0 cm³/mol. The minimum atomic E-state index is -2.60. The van der Waals surface area contributed by atoms with E-state index in [4.69, 9.17) is 0 Å². The molecule has 1 unspecified atom stereocenters. The van der Waals surface area contributed by atoms with Crippen LogP contribution in [-0.2, 0) is 9.53 Å². The van der Waals surface area contributed by atoms with Crippen molar-refractivity contribution in [2.24, 2.45) is 5.92 Å². The molecule has 1 heterocycles. The highest BCUT2D eigenvalue weighted by molar-refractivity contribution is 7.99. The zero-order valence-corrected chi connectivity index (χ0v) is 8.20. The molecule has 1 aliphatic heterocycles. The van der Waals surface area contributed by atoms with Gasteiger partial charge in [-0.25, -0.2) is 8.78 Å². The zero-order valence-electron chi connectivity index (χ0n) is 7.39. The van der Waals surface area contributed by atoms with Gasteiger partial charge in [-0.15, -0.1) is 0 Å². The van der Waals surface area contributed by atoms with Gasteiger partial charge in [0.2, 0.25) is 0 Å². The minimum Gasteiger partial charge on any atom is -0.469 e. The zero-order chi connectivity index (χ0) is 9.90. The fourth-order valence-corrected chi connectivity index (χ4v) is 2.59. The number of hydrogen-bond acceptors (Lipinski definition) is 3. The summed E-state index contributed by atoms with van der Waals surface area (Å²) in [6.45, 7) is 0. The summed E-state index contributed by atoms with van der Waals surface area (Å²) < 4.78 is 30.4. The maximum atomic E-state index is 13.0. The van der Waals surface area contributed by atoms with Crippen molar-refractivity contribution in [2.45, 2.75) is 18.8 Å². The normalized spacial score (nSPS) is 25.9. The second kappa shape index (κ2) is 4.26. The van der Waals surface area contributed by atoms with Gasteiger partial charge < -0.3 is 4.74 Å². The van der Waals surface area contributed by atoms with E-state index in [1.165, 1.54) is 18.9 Å². The third kappa shape index (κ3) is 2.83. The van der Waals surface area contributed by atoms with Crippen LogP contribution in [0.5, 0.6) is 0 Å². The van der Waals surface area contributed by atoms with Crippen molar-refractivity contribution in [3.05, 3.63) is 0 Å². The van der Waals surface area contributed by atoms with Crippen LogP contribution in [-0.4, -0.2) is 30.5 Å². The van der Waals surface area contributed by atoms with Crippen molar-refractivity contribution in [1.29, 1.82) is 0 Å². The Bertz CT molecular complexity index is 197. The number of methoxy groups -OCH3 is 1. The number of ether oxygens (including phenoxy) is 1. The molecule has 0 N–H and O–H groups in total. The van der Waals surface area contributed by atoms with E-state index in [0.29, 0.717) is 5.75 Å². The number of thioether (sulfide) groups is 1. The van der Waals surface area contributed by atoms with Gasteiger partial charge in [0.1, 0.15) is 0 Å². The Hall–Kier alpha value is -0.320. The molecular formula is C8H12F2O2S. The molecule has 0 bridgehead atoms. The number of carbonyl (C=O) groups excluding carboxylic acids is 1. The van der Waals surface area contributed by atoms with Crippen LogP contribution in [0.1, 0.15) is 12.8 Å². The van der Waals surface area contributed by atoms with Gasteiger partial charge in [-0.1, -0.05) is 0 Å². The molecular weight excluding hydrogens is 198 g/mol. The van der Waals surface area contributed by atoms with E-state index >= 15 is 0 Å². The van der Waals surface area contributed by atoms with E-state index in [1.807, 2.05) is 0 Å². The van der Waals surface area contributed by atoms with Gasteiger partial charge in [-0.2, -0.15) is 11.8 Å². The van der Waals surface area contributed by atoms with E-state index in [0.717, 1.165) is 0 Å². The van der Waals surface area contributed by atoms with Gasteiger partial charge >= 0.3 is 5.97 Å². The fraction of sp³-hybridized carbons (Fsp3) is 0.875. The smallest absolute Gasteiger partial charge is 0.305 e. The van der Waals surface area contributed by atoms with Gasteiger partial charge in [0, 0.05) is 18.1 Å². The first-order valence-corrected chi connectivity index (χ1v) is 5.24. The lowest BCUT2D eigenvalue weighted by molar-refractivity contribution is -0.141. The molecule has 1 rings (SSSR count). The largest absolute Gasteiger partial charge is 0.469 e. The van der Waals surface area contributed by atoms with Crippen LogP contribution in [0.15, 0.2) is 0 Å². The molecule has 0 saturated carbocycles. The Balaban J connectivity index is 2.33. The van der Waals surface area contributed by atoms with E-state index in [2.05, 4.69) is 4.74 Å². The minimum absolute atomic E-state index is 0.0946. The molecule has 1 fully saturated rings. The molecule has 1 atom stereocenters. The second-order valence-corrected chi connectivity index (χ2v) is 4.12. The molecule has 76 valence electrons. The Kier molecular flexibility index (Phi) is 3.53. The maximum absolute atomic E-state index is 13.0. The number of carbonyl (C=O) groups is 1. The Morgan fingerprint density at radius 2 is 2.38 bits per heavy atom. The number of alkyl halides is 2. The standard InChI is InChI=1S/C8H12F2O2S/c1-12-7(11)3-2-6-4-13-5-8(6,9)10/h6H,2-5H2,1H3. The second-order valence-electron chi connectivity index (χ2n) is 3.09. The fourth-order valence-electron chi connectivity index (χ4n) is 1.27. The molecule has 0 aliphatic carbocycles. The highest BCUT2D eigenvalue weighted by Gasteiger charge is 2.44. The predicted octanol–water partition coefficient (Wildman–Crippen LogP) is 1.94. The molecule has 0 spiro atoms. The summed E-state index contributed by atoms with van der Waals surface area (Å²) in [4.78, 5) is 10.7. The van der Waals surface area contributed by atoms with Gasteiger partial charge in [0.15, 0.2) is 0 Å². The summed E-state index contributed by atoms with van der Waals surface area (Å²) in [6.07, 6.45) is 0.323. The van der Waals surface area contributed by atoms with Gasteiger partial charge in [-0.05, 0) is 6.42 Å². The van der Waals surface area contributed by atoms with E-state index < -0.39 is 17.8 Å². The van der Waals surface area contributed by atoms with Gasteiger partial charge in [0.25, 0.3) is 5.92 Å². The topological polar surface area (TPSA) is 26.3 Å². The van der Waals surface area contributed by atoms with Crippen molar-refractivity contribution in [1.82, 2.24) is 0 Å². The summed E-state index contributed by atoms with van der Waals surface area (Å²) in [7, 11) is 1.27. The first-order valence-electron chi connectivity index (χ1n) is 4.08. The van der Waals surface area contributed by atoms with Crippen molar-refractivity contribution >= 4 is 17.7 Å². The molecule has 0 amide bonds. The van der Waals surface area contributed by atoms with Crippen LogP contribution in [0.2, 0.25) is 0 Å². The van der Waals surface area contributed by atoms with Crippen LogP contribution < -0.4 is 0 Å². The quantitative estimate of drug-likeness (QED) is 0.666. The van der Waals surface area contributed by atoms with Gasteiger partial charge in [-0.3, -0.25) is 4.79 Å². The first kappa shape index (κ1) is 10.8. The molecule has 2 nitrogen and oxygen atoms in total. The van der Waals surface area contributed by atoms with Crippen molar-refractivity contribution in [3.8, 4) is 0 Å². The maximum Gasteiger partial charge on any atom is 0.305 e. The first-order chi connectivity index (χ1) is 6.06. The number of esters is 1. The number of hydrogen-bond donors (Lipinski definition) is 0. The summed E-state index contributed by atoms with van der Waals surface area (Å²) in [5, 5.41) is 0. The summed E-state index contributed by atoms with van der Waals surface area (Å²) in [5.74, 6) is -3.33.